The number of hydrogen-bond acceptors (Lipinski definition) is 8. The molecule has 1 aliphatic rings. The molecule has 3 N–H and O–H groups in total. The van der Waals surface area contributed by atoms with E-state index in [1.165, 1.54) is 12.1 Å². The maximum atomic E-state index is 12.1. The average molecular weight is 392 g/mol. The Morgan fingerprint density at radius 1 is 1.20 bits per heavy atom. The third kappa shape index (κ3) is 4.30. The Morgan fingerprint density at radius 3 is 2.52 bits per heavy atom. The maximum absolute atomic E-state index is 12.1. The normalized spacial score (nSPS) is 20.3. The van der Waals surface area contributed by atoms with E-state index in [9.17, 15) is 13.2 Å². The fraction of sp³-hybridized carbons (Fsp3) is 0.231. The van der Waals surface area contributed by atoms with Crippen LogP contribution in [-0.4, -0.2) is 17.4 Å². The molecule has 0 amide bonds. The number of rotatable bonds is 4. The van der Waals surface area contributed by atoms with E-state index in [0.717, 1.165) is 23.5 Å². The Bertz CT molecular complexity index is 792. The highest BCUT2D eigenvalue weighted by Gasteiger charge is 2.33. The molecule has 0 saturated carbocycles. The molecule has 1 saturated heterocycles. The van der Waals surface area contributed by atoms with Gasteiger partial charge in [0.1, 0.15) is 21.9 Å². The van der Waals surface area contributed by atoms with Crippen LogP contribution in [-0.2, 0) is 0 Å². The van der Waals surface area contributed by atoms with Gasteiger partial charge in [0.2, 0.25) is 0 Å². The molecule has 2 unspecified atom stereocenters. The molecule has 25 heavy (non-hydrogen) atoms. The van der Waals surface area contributed by atoms with Crippen LogP contribution >= 0.6 is 22.9 Å². The Balaban J connectivity index is 1.72. The van der Waals surface area contributed by atoms with Gasteiger partial charge >= 0.3 is 6.36 Å². The van der Waals surface area contributed by atoms with Crippen LogP contribution in [0.2, 0.25) is 4.34 Å². The highest BCUT2D eigenvalue weighted by Crippen LogP contribution is 2.37. The monoisotopic (exact) mass is 391 g/mol. The second kappa shape index (κ2) is 7.03. The van der Waals surface area contributed by atoms with Gasteiger partial charge in [-0.3, -0.25) is 0 Å². The molecule has 1 aliphatic heterocycles. The summed E-state index contributed by atoms with van der Waals surface area (Å²) in [7, 11) is 0. The summed E-state index contributed by atoms with van der Waals surface area (Å²) >= 11 is 7.18. The standard InChI is InChI=1S/C13H9ClF3N5O2S/c14-11-10(9-8(5-18)20-22-21-9)19-12(25-11)23-6-1-3-7(4-2-6)24-13(15,16)17/h1-4,8-9,20-22H. The van der Waals surface area contributed by atoms with Crippen LogP contribution in [0.15, 0.2) is 24.3 Å². The van der Waals surface area contributed by atoms with Crippen molar-refractivity contribution in [3.8, 4) is 22.8 Å². The minimum absolute atomic E-state index is 0.190. The number of alkyl halides is 3. The van der Waals surface area contributed by atoms with Crippen molar-refractivity contribution in [3.05, 3.63) is 34.3 Å². The van der Waals surface area contributed by atoms with Crippen LogP contribution in [0.25, 0.3) is 0 Å². The van der Waals surface area contributed by atoms with Gasteiger partial charge in [0, 0.05) is 0 Å². The number of thiazole rings is 1. The smallest absolute Gasteiger partial charge is 0.431 e. The molecule has 2 heterocycles. The number of hydrazine groups is 2. The van der Waals surface area contributed by atoms with Crippen molar-refractivity contribution in [1.82, 2.24) is 21.4 Å². The highest BCUT2D eigenvalue weighted by atomic mass is 35.5. The maximum Gasteiger partial charge on any atom is 0.573 e. The Kier molecular flexibility index (Phi) is 4.98. The predicted molar refractivity (Wildman–Crippen MR) is 81.9 cm³/mol. The van der Waals surface area contributed by atoms with E-state index >= 15 is 0 Å². The first-order chi connectivity index (χ1) is 11.9. The number of aromatic nitrogens is 1. The molecule has 2 aromatic rings. The highest BCUT2D eigenvalue weighted by molar-refractivity contribution is 7.17. The van der Waals surface area contributed by atoms with Crippen molar-refractivity contribution in [2.45, 2.75) is 18.4 Å². The van der Waals surface area contributed by atoms with Gasteiger partial charge in [-0.2, -0.15) is 10.8 Å². The lowest BCUT2D eigenvalue weighted by Gasteiger charge is -2.09. The quantitative estimate of drug-likeness (QED) is 0.737. The lowest BCUT2D eigenvalue weighted by atomic mass is 10.1. The molecule has 1 fully saturated rings. The zero-order valence-electron chi connectivity index (χ0n) is 12.1. The summed E-state index contributed by atoms with van der Waals surface area (Å²) in [6.07, 6.45) is -4.76. The molecule has 132 valence electrons. The minimum Gasteiger partial charge on any atom is -0.431 e. The predicted octanol–water partition coefficient (Wildman–Crippen LogP) is 3.03. The van der Waals surface area contributed by atoms with Crippen LogP contribution in [0.5, 0.6) is 16.7 Å². The number of halogens is 4. The average Bonchev–Trinajstić information content (AvgIpc) is 3.13. The summed E-state index contributed by atoms with van der Waals surface area (Å²) in [5.41, 5.74) is 8.56. The molecule has 1 aromatic heterocycles. The lowest BCUT2D eigenvalue weighted by Crippen LogP contribution is -2.32. The van der Waals surface area contributed by atoms with Gasteiger partial charge in [-0.05, 0) is 24.3 Å². The summed E-state index contributed by atoms with van der Waals surface area (Å²) in [6.45, 7) is 0. The van der Waals surface area contributed by atoms with Crippen LogP contribution in [0.4, 0.5) is 13.2 Å². The van der Waals surface area contributed by atoms with Crippen LogP contribution < -0.4 is 25.9 Å². The third-order valence-corrected chi connectivity index (χ3v) is 4.24. The van der Waals surface area contributed by atoms with Crippen molar-refractivity contribution < 1.29 is 22.6 Å². The molecule has 0 aliphatic carbocycles. The van der Waals surface area contributed by atoms with E-state index in [-0.39, 0.29) is 16.7 Å². The Labute approximate surface area is 148 Å². The molecule has 1 aromatic carbocycles. The molecule has 12 heteroatoms. The second-order valence-electron chi connectivity index (χ2n) is 4.76. The molecular formula is C13H9ClF3N5O2S. The van der Waals surface area contributed by atoms with Crippen LogP contribution in [0.1, 0.15) is 11.7 Å². The molecule has 0 bridgehead atoms. The lowest BCUT2D eigenvalue weighted by molar-refractivity contribution is -0.274. The summed E-state index contributed by atoms with van der Waals surface area (Å²) in [4.78, 5) is 4.23. The van der Waals surface area contributed by atoms with Crippen LogP contribution in [0.3, 0.4) is 0 Å². The number of hydrogen-bond donors (Lipinski definition) is 3. The zero-order chi connectivity index (χ0) is 18.0. The van der Waals surface area contributed by atoms with Gasteiger partial charge in [0.05, 0.1) is 17.8 Å². The van der Waals surface area contributed by atoms with Gasteiger partial charge in [-0.15, -0.1) is 13.2 Å². The van der Waals surface area contributed by atoms with Crippen molar-refractivity contribution in [3.63, 3.8) is 0 Å². The van der Waals surface area contributed by atoms with Gasteiger partial charge in [0.15, 0.2) is 0 Å². The summed E-state index contributed by atoms with van der Waals surface area (Å²) in [5.74, 6) is -0.0965. The van der Waals surface area contributed by atoms with Gasteiger partial charge in [0.25, 0.3) is 5.19 Å². The van der Waals surface area contributed by atoms with E-state index in [0.29, 0.717) is 10.0 Å². The topological polar surface area (TPSA) is 91.2 Å². The molecule has 2 atom stereocenters. The summed E-state index contributed by atoms with van der Waals surface area (Å²) in [6, 6.07) is 5.86. The van der Waals surface area contributed by atoms with Crippen molar-refractivity contribution in [2.75, 3.05) is 0 Å². The third-order valence-electron chi connectivity index (χ3n) is 3.07. The minimum atomic E-state index is -4.76. The number of ether oxygens (including phenoxy) is 2. The number of nitrogens with one attached hydrogen (secondary N) is 3. The number of nitriles is 1. The van der Waals surface area contributed by atoms with Gasteiger partial charge < -0.3 is 9.47 Å². The van der Waals surface area contributed by atoms with Crippen molar-refractivity contribution in [2.24, 2.45) is 0 Å². The molecular weight excluding hydrogens is 383 g/mol. The molecule has 3 rings (SSSR count). The van der Waals surface area contributed by atoms with Crippen LogP contribution in [0, 0.1) is 11.3 Å². The fourth-order valence-corrected chi connectivity index (χ4v) is 3.11. The molecule has 7 nitrogen and oxygen atoms in total. The molecule has 0 spiro atoms. The number of nitrogens with zero attached hydrogens (tertiary/aromatic N) is 2. The number of benzene rings is 1. The van der Waals surface area contributed by atoms with E-state index in [4.69, 9.17) is 21.6 Å². The van der Waals surface area contributed by atoms with Gasteiger partial charge in [-0.1, -0.05) is 22.9 Å². The first-order valence-corrected chi connectivity index (χ1v) is 7.91. The van der Waals surface area contributed by atoms with Gasteiger partial charge in [-0.25, -0.2) is 15.8 Å². The van der Waals surface area contributed by atoms with E-state index in [1.54, 1.807) is 0 Å². The van der Waals surface area contributed by atoms with E-state index in [1.807, 2.05) is 6.07 Å². The van der Waals surface area contributed by atoms with E-state index in [2.05, 4.69) is 26.1 Å². The van der Waals surface area contributed by atoms with Crippen molar-refractivity contribution in [1.29, 1.82) is 5.26 Å². The Hall–Kier alpha value is -2.10. The zero-order valence-corrected chi connectivity index (χ0v) is 13.7. The fourth-order valence-electron chi connectivity index (χ4n) is 2.04. The Morgan fingerprint density at radius 2 is 1.88 bits per heavy atom. The molecule has 0 radical (unpaired) electrons. The first-order valence-electron chi connectivity index (χ1n) is 6.71. The van der Waals surface area contributed by atoms with E-state index < -0.39 is 18.4 Å². The summed E-state index contributed by atoms with van der Waals surface area (Å²) in [5, 5.41) is 9.24. The second-order valence-corrected chi connectivity index (χ2v) is 6.32. The first kappa shape index (κ1) is 17.7. The van der Waals surface area contributed by atoms with Crippen molar-refractivity contribution >= 4 is 22.9 Å². The SMILES string of the molecule is N#CC1NNNC1c1nc(Oc2ccc(OC(F)(F)F)cc2)sc1Cl. The largest absolute Gasteiger partial charge is 0.573 e. The summed E-state index contributed by atoms with van der Waals surface area (Å²) < 4.78 is 46.0.